The predicted octanol–water partition coefficient (Wildman–Crippen LogP) is 3.52. The Hall–Kier alpha value is -1.70. The standard InChI is InChI=1S/C17H19N5S.CH4S/c1-13(14-3-4-16-15(11-14)20-12-23-16)21-7-9-22(10-8-21)17-18-5-2-6-19-17;1-2/h2-6,11-13H,7-10H2,1H3;2H,1H3. The predicted molar refractivity (Wildman–Crippen MR) is 109 cm³/mol. The SMILES string of the molecule is CC(c1ccc2scnc2c1)N1CCN(c2ncccn2)CC1.CS. The minimum atomic E-state index is 0.403. The molecule has 0 amide bonds. The van der Waals surface area contributed by atoms with Gasteiger partial charge in [-0.3, -0.25) is 4.90 Å². The van der Waals surface area contributed by atoms with Gasteiger partial charge in [0.15, 0.2) is 0 Å². The number of anilines is 1. The number of nitrogens with zero attached hydrogens (tertiary/aromatic N) is 5. The molecule has 3 aromatic rings. The molecule has 1 atom stereocenters. The summed E-state index contributed by atoms with van der Waals surface area (Å²) in [6.45, 7) is 6.26. The average molecular weight is 374 g/mol. The Kier molecular flexibility index (Phi) is 6.23. The van der Waals surface area contributed by atoms with Crippen molar-refractivity contribution in [1.82, 2.24) is 19.9 Å². The molecule has 5 nitrogen and oxygen atoms in total. The lowest BCUT2D eigenvalue weighted by atomic mass is 10.1. The number of thiazole rings is 1. The quantitative estimate of drug-likeness (QED) is 0.712. The maximum absolute atomic E-state index is 4.43. The van der Waals surface area contributed by atoms with E-state index in [0.717, 1.165) is 37.6 Å². The molecule has 4 rings (SSSR count). The highest BCUT2D eigenvalue weighted by molar-refractivity contribution is 7.79. The van der Waals surface area contributed by atoms with E-state index in [0.29, 0.717) is 6.04 Å². The normalized spacial score (nSPS) is 16.4. The molecule has 132 valence electrons. The number of thiol groups is 1. The van der Waals surface area contributed by atoms with E-state index in [1.54, 1.807) is 30.0 Å². The van der Waals surface area contributed by atoms with E-state index in [9.17, 15) is 0 Å². The first kappa shape index (κ1) is 18.1. The van der Waals surface area contributed by atoms with Gasteiger partial charge in [0.1, 0.15) is 0 Å². The van der Waals surface area contributed by atoms with Crippen LogP contribution in [0.25, 0.3) is 10.2 Å². The van der Waals surface area contributed by atoms with Crippen molar-refractivity contribution in [3.63, 3.8) is 0 Å². The zero-order chi connectivity index (χ0) is 17.6. The lowest BCUT2D eigenvalue weighted by molar-refractivity contribution is 0.198. The summed E-state index contributed by atoms with van der Waals surface area (Å²) in [6.07, 6.45) is 5.31. The van der Waals surface area contributed by atoms with Crippen LogP contribution in [-0.4, -0.2) is 52.3 Å². The minimum absolute atomic E-state index is 0.403. The summed E-state index contributed by atoms with van der Waals surface area (Å²) in [6, 6.07) is 8.91. The van der Waals surface area contributed by atoms with Crippen molar-refractivity contribution in [2.45, 2.75) is 13.0 Å². The van der Waals surface area contributed by atoms with Crippen LogP contribution >= 0.6 is 24.0 Å². The molecule has 1 saturated heterocycles. The molecule has 0 aliphatic carbocycles. The largest absolute Gasteiger partial charge is 0.338 e. The van der Waals surface area contributed by atoms with Gasteiger partial charge in [0.05, 0.1) is 15.7 Å². The van der Waals surface area contributed by atoms with Crippen molar-refractivity contribution in [1.29, 1.82) is 0 Å². The zero-order valence-corrected chi connectivity index (χ0v) is 16.2. The first-order chi connectivity index (χ1) is 12.3. The lowest BCUT2D eigenvalue weighted by Crippen LogP contribution is -2.47. The van der Waals surface area contributed by atoms with Gasteiger partial charge in [0.25, 0.3) is 0 Å². The smallest absolute Gasteiger partial charge is 0.225 e. The Labute approximate surface area is 158 Å². The minimum Gasteiger partial charge on any atom is -0.338 e. The van der Waals surface area contributed by atoms with Gasteiger partial charge in [-0.2, -0.15) is 12.6 Å². The van der Waals surface area contributed by atoms with E-state index in [4.69, 9.17) is 0 Å². The van der Waals surface area contributed by atoms with Crippen molar-refractivity contribution < 1.29 is 0 Å². The third-order valence-electron chi connectivity index (χ3n) is 4.53. The van der Waals surface area contributed by atoms with E-state index in [1.807, 2.05) is 11.6 Å². The fourth-order valence-corrected chi connectivity index (χ4v) is 3.77. The number of piperazine rings is 1. The van der Waals surface area contributed by atoms with E-state index >= 15 is 0 Å². The van der Waals surface area contributed by atoms with Crippen molar-refractivity contribution in [2.24, 2.45) is 0 Å². The molecular weight excluding hydrogens is 350 g/mol. The van der Waals surface area contributed by atoms with E-state index in [-0.39, 0.29) is 0 Å². The molecule has 1 fully saturated rings. The van der Waals surface area contributed by atoms with Gasteiger partial charge in [-0.05, 0) is 36.9 Å². The van der Waals surface area contributed by atoms with Gasteiger partial charge in [0.2, 0.25) is 5.95 Å². The van der Waals surface area contributed by atoms with Crippen molar-refractivity contribution in [3.05, 3.63) is 47.7 Å². The van der Waals surface area contributed by atoms with Gasteiger partial charge < -0.3 is 4.90 Å². The second-order valence-corrected chi connectivity index (χ2v) is 6.71. The lowest BCUT2D eigenvalue weighted by Gasteiger charge is -2.38. The number of aromatic nitrogens is 3. The van der Waals surface area contributed by atoms with Crippen LogP contribution in [0.5, 0.6) is 0 Å². The Balaban J connectivity index is 0.000000880. The number of rotatable bonds is 3. The van der Waals surface area contributed by atoms with E-state index < -0.39 is 0 Å². The van der Waals surface area contributed by atoms with Crippen LogP contribution in [0.4, 0.5) is 5.95 Å². The molecule has 1 aromatic carbocycles. The molecule has 7 heteroatoms. The molecule has 1 aliphatic heterocycles. The Bertz CT molecular complexity index is 784. The molecule has 25 heavy (non-hydrogen) atoms. The topological polar surface area (TPSA) is 45.2 Å². The van der Waals surface area contributed by atoms with Gasteiger partial charge in [-0.15, -0.1) is 11.3 Å². The fraction of sp³-hybridized carbons (Fsp3) is 0.389. The Morgan fingerprint density at radius 1 is 1.04 bits per heavy atom. The van der Waals surface area contributed by atoms with E-state index in [1.165, 1.54) is 10.3 Å². The third-order valence-corrected chi connectivity index (χ3v) is 5.34. The maximum atomic E-state index is 4.43. The Morgan fingerprint density at radius 2 is 1.76 bits per heavy atom. The highest BCUT2D eigenvalue weighted by Gasteiger charge is 2.23. The average Bonchev–Trinajstić information content (AvgIpc) is 3.17. The molecule has 0 bridgehead atoms. The van der Waals surface area contributed by atoms with Crippen LogP contribution in [0.1, 0.15) is 18.5 Å². The van der Waals surface area contributed by atoms with Crippen LogP contribution in [0.15, 0.2) is 42.2 Å². The monoisotopic (exact) mass is 373 g/mol. The molecule has 0 saturated carbocycles. The maximum Gasteiger partial charge on any atom is 0.225 e. The van der Waals surface area contributed by atoms with Gasteiger partial charge >= 0.3 is 0 Å². The second kappa shape index (κ2) is 8.60. The highest BCUT2D eigenvalue weighted by Crippen LogP contribution is 2.26. The highest BCUT2D eigenvalue weighted by atomic mass is 32.1. The number of fused-ring (bicyclic) bond motifs is 1. The van der Waals surface area contributed by atoms with Crippen LogP contribution in [-0.2, 0) is 0 Å². The number of benzene rings is 1. The molecule has 3 heterocycles. The van der Waals surface area contributed by atoms with Crippen LogP contribution in [0, 0.1) is 0 Å². The molecule has 1 aliphatic rings. The summed E-state index contributed by atoms with van der Waals surface area (Å²) >= 11 is 5.22. The van der Waals surface area contributed by atoms with Crippen molar-refractivity contribution >= 4 is 40.1 Å². The summed E-state index contributed by atoms with van der Waals surface area (Å²) in [7, 11) is 0. The summed E-state index contributed by atoms with van der Waals surface area (Å²) in [5, 5.41) is 0. The van der Waals surface area contributed by atoms with Gasteiger partial charge in [-0.25, -0.2) is 15.0 Å². The first-order valence-electron chi connectivity index (χ1n) is 8.35. The fourth-order valence-electron chi connectivity index (χ4n) is 3.11. The molecule has 1 unspecified atom stereocenters. The first-order valence-corrected chi connectivity index (χ1v) is 10.1. The Morgan fingerprint density at radius 3 is 2.48 bits per heavy atom. The van der Waals surface area contributed by atoms with Crippen molar-refractivity contribution in [3.8, 4) is 0 Å². The van der Waals surface area contributed by atoms with Gasteiger partial charge in [0, 0.05) is 44.6 Å². The number of hydrogen-bond donors (Lipinski definition) is 1. The summed E-state index contributed by atoms with van der Waals surface area (Å²) in [5.74, 6) is 0.837. The van der Waals surface area contributed by atoms with E-state index in [2.05, 4.69) is 62.5 Å². The van der Waals surface area contributed by atoms with Crippen molar-refractivity contribution in [2.75, 3.05) is 37.3 Å². The molecular formula is C18H23N5S2. The number of hydrogen-bond acceptors (Lipinski definition) is 7. The van der Waals surface area contributed by atoms with Crippen LogP contribution < -0.4 is 4.90 Å². The molecule has 0 N–H and O–H groups in total. The van der Waals surface area contributed by atoms with Crippen LogP contribution in [0.3, 0.4) is 0 Å². The zero-order valence-electron chi connectivity index (χ0n) is 14.5. The van der Waals surface area contributed by atoms with Gasteiger partial charge in [-0.1, -0.05) is 6.07 Å². The summed E-state index contributed by atoms with van der Waals surface area (Å²) in [4.78, 5) is 17.9. The summed E-state index contributed by atoms with van der Waals surface area (Å²) < 4.78 is 1.26. The molecule has 0 spiro atoms. The molecule has 2 aromatic heterocycles. The van der Waals surface area contributed by atoms with Crippen LogP contribution in [0.2, 0.25) is 0 Å². The molecule has 0 radical (unpaired) electrons. The second-order valence-electron chi connectivity index (χ2n) is 5.83. The third kappa shape index (κ3) is 4.11. The summed E-state index contributed by atoms with van der Waals surface area (Å²) in [5.41, 5.74) is 4.36.